The Morgan fingerprint density at radius 1 is 1.16 bits per heavy atom. The van der Waals surface area contributed by atoms with Crippen LogP contribution < -0.4 is 5.32 Å². The van der Waals surface area contributed by atoms with Crippen LogP contribution in [0.15, 0.2) is 36.7 Å². The van der Waals surface area contributed by atoms with Gasteiger partial charge in [-0.3, -0.25) is 4.79 Å². The number of hydrogen-bond acceptors (Lipinski definition) is 4. The summed E-state index contributed by atoms with van der Waals surface area (Å²) in [4.78, 5) is 23.1. The molecule has 5 heteroatoms. The fraction of sp³-hybridized carbons (Fsp3) is 0.450. The number of anilines is 1. The van der Waals surface area contributed by atoms with Gasteiger partial charge < -0.3 is 10.2 Å². The van der Waals surface area contributed by atoms with Gasteiger partial charge in [0.25, 0.3) is 0 Å². The zero-order valence-electron chi connectivity index (χ0n) is 14.4. The van der Waals surface area contributed by atoms with E-state index in [4.69, 9.17) is 0 Å². The summed E-state index contributed by atoms with van der Waals surface area (Å²) in [5, 5.41) is 3.50. The summed E-state index contributed by atoms with van der Waals surface area (Å²) < 4.78 is 0. The highest BCUT2D eigenvalue weighted by molar-refractivity contribution is 5.80. The first-order chi connectivity index (χ1) is 12.3. The molecule has 5 nitrogen and oxygen atoms in total. The van der Waals surface area contributed by atoms with Crippen LogP contribution in [0.25, 0.3) is 0 Å². The van der Waals surface area contributed by atoms with Crippen molar-refractivity contribution in [1.82, 2.24) is 14.9 Å². The van der Waals surface area contributed by atoms with E-state index in [1.165, 1.54) is 16.8 Å². The predicted octanol–water partition coefficient (Wildman–Crippen LogP) is 2.61. The second kappa shape index (κ2) is 7.21. The molecule has 0 unspecified atom stereocenters. The zero-order valence-corrected chi connectivity index (χ0v) is 14.4. The first-order valence-corrected chi connectivity index (χ1v) is 9.20. The molecule has 1 atom stereocenters. The van der Waals surface area contributed by atoms with Crippen molar-refractivity contribution in [1.29, 1.82) is 0 Å². The summed E-state index contributed by atoms with van der Waals surface area (Å²) in [5.74, 6) is 1.18. The number of hydrogen-bond donors (Lipinski definition) is 1. The molecule has 1 N–H and O–H groups in total. The van der Waals surface area contributed by atoms with Crippen molar-refractivity contribution >= 4 is 11.7 Å². The van der Waals surface area contributed by atoms with Gasteiger partial charge in [-0.05, 0) is 37.7 Å². The van der Waals surface area contributed by atoms with E-state index in [0.29, 0.717) is 6.42 Å². The van der Waals surface area contributed by atoms with Crippen LogP contribution >= 0.6 is 0 Å². The molecule has 1 fully saturated rings. The average Bonchev–Trinajstić information content (AvgIpc) is 3.23. The van der Waals surface area contributed by atoms with Gasteiger partial charge in [0.2, 0.25) is 5.91 Å². The van der Waals surface area contributed by atoms with Gasteiger partial charge in [0.1, 0.15) is 12.1 Å². The SMILES string of the molecule is O=C1C[C@H](Nc2ncnc3c2CCC3)CN1CCCc1ccccc1. The van der Waals surface area contributed by atoms with E-state index in [1.807, 2.05) is 11.0 Å². The fourth-order valence-corrected chi connectivity index (χ4v) is 3.88. The molecule has 0 bridgehead atoms. The number of nitrogens with one attached hydrogen (secondary N) is 1. The standard InChI is InChI=1S/C20H24N4O/c25-19-12-16(23-20-17-9-4-10-18(17)21-14-22-20)13-24(19)11-5-8-15-6-2-1-3-7-15/h1-3,6-7,14,16H,4-5,8-13H2,(H,21,22,23)/t16-/m0/s1. The van der Waals surface area contributed by atoms with Crippen molar-refractivity contribution in [3.05, 3.63) is 53.5 Å². The lowest BCUT2D eigenvalue weighted by Gasteiger charge is -2.18. The Bertz CT molecular complexity index is 747. The lowest BCUT2D eigenvalue weighted by atomic mass is 10.1. The monoisotopic (exact) mass is 336 g/mol. The van der Waals surface area contributed by atoms with Gasteiger partial charge in [-0.25, -0.2) is 9.97 Å². The summed E-state index contributed by atoms with van der Waals surface area (Å²) in [6.07, 6.45) is 7.46. The van der Waals surface area contributed by atoms with E-state index < -0.39 is 0 Å². The Labute approximate surface area is 148 Å². The van der Waals surface area contributed by atoms with Gasteiger partial charge in [-0.15, -0.1) is 0 Å². The number of likely N-dealkylation sites (tertiary alicyclic amines) is 1. The molecule has 1 saturated heterocycles. The van der Waals surface area contributed by atoms with Gasteiger partial charge in [0, 0.05) is 30.8 Å². The quantitative estimate of drug-likeness (QED) is 0.881. The Morgan fingerprint density at radius 3 is 2.92 bits per heavy atom. The van der Waals surface area contributed by atoms with E-state index in [-0.39, 0.29) is 11.9 Å². The number of rotatable bonds is 6. The summed E-state index contributed by atoms with van der Waals surface area (Å²) >= 11 is 0. The number of amides is 1. The lowest BCUT2D eigenvalue weighted by molar-refractivity contribution is -0.127. The van der Waals surface area contributed by atoms with Gasteiger partial charge in [0.05, 0.1) is 6.04 Å². The number of carbonyl (C=O) groups is 1. The molecule has 0 saturated carbocycles. The van der Waals surface area contributed by atoms with E-state index >= 15 is 0 Å². The molecule has 1 aliphatic carbocycles. The van der Waals surface area contributed by atoms with E-state index in [2.05, 4.69) is 39.6 Å². The summed E-state index contributed by atoms with van der Waals surface area (Å²) in [6, 6.07) is 10.6. The molecule has 1 aromatic heterocycles. The first kappa shape index (κ1) is 16.1. The first-order valence-electron chi connectivity index (χ1n) is 9.20. The minimum absolute atomic E-state index is 0.156. The van der Waals surface area contributed by atoms with Crippen LogP contribution in [0, 0.1) is 0 Å². The molecule has 0 spiro atoms. The molecule has 4 rings (SSSR count). The molecule has 25 heavy (non-hydrogen) atoms. The minimum Gasteiger partial charge on any atom is -0.365 e. The predicted molar refractivity (Wildman–Crippen MR) is 97.4 cm³/mol. The van der Waals surface area contributed by atoms with Crippen LogP contribution in [-0.2, 0) is 24.1 Å². The Kier molecular flexibility index (Phi) is 4.63. The Hall–Kier alpha value is -2.43. The number of aryl methyl sites for hydroxylation is 2. The van der Waals surface area contributed by atoms with Crippen molar-refractivity contribution in [3.63, 3.8) is 0 Å². The van der Waals surface area contributed by atoms with Crippen LogP contribution in [-0.4, -0.2) is 39.9 Å². The molecule has 2 aromatic rings. The van der Waals surface area contributed by atoms with Gasteiger partial charge in [0.15, 0.2) is 0 Å². The minimum atomic E-state index is 0.156. The molecular weight excluding hydrogens is 312 g/mol. The van der Waals surface area contributed by atoms with Crippen LogP contribution in [0.3, 0.4) is 0 Å². The fourth-order valence-electron chi connectivity index (χ4n) is 3.88. The third-order valence-corrected chi connectivity index (χ3v) is 5.17. The highest BCUT2D eigenvalue weighted by Gasteiger charge is 2.30. The molecule has 1 aliphatic heterocycles. The normalized spacial score (nSPS) is 19.3. The maximum absolute atomic E-state index is 12.3. The van der Waals surface area contributed by atoms with Crippen LogP contribution in [0.4, 0.5) is 5.82 Å². The summed E-state index contributed by atoms with van der Waals surface area (Å²) in [6.45, 7) is 1.60. The lowest BCUT2D eigenvalue weighted by Crippen LogP contribution is -2.29. The largest absolute Gasteiger partial charge is 0.365 e. The number of carbonyl (C=O) groups excluding carboxylic acids is 1. The smallest absolute Gasteiger partial charge is 0.224 e. The van der Waals surface area contributed by atoms with Gasteiger partial charge in [-0.1, -0.05) is 30.3 Å². The maximum atomic E-state index is 12.3. The van der Waals surface area contributed by atoms with Crippen LogP contribution in [0.5, 0.6) is 0 Å². The van der Waals surface area contributed by atoms with Gasteiger partial charge in [-0.2, -0.15) is 0 Å². The number of aromatic nitrogens is 2. The Morgan fingerprint density at radius 2 is 2.04 bits per heavy atom. The Balaban J connectivity index is 1.31. The van der Waals surface area contributed by atoms with Crippen LogP contribution in [0.1, 0.15) is 36.1 Å². The van der Waals surface area contributed by atoms with Gasteiger partial charge >= 0.3 is 0 Å². The molecule has 2 heterocycles. The van der Waals surface area contributed by atoms with E-state index in [9.17, 15) is 4.79 Å². The molecule has 0 radical (unpaired) electrons. The van der Waals surface area contributed by atoms with Crippen molar-refractivity contribution in [2.45, 2.75) is 44.6 Å². The second-order valence-corrected chi connectivity index (χ2v) is 6.98. The van der Waals surface area contributed by atoms with Crippen molar-refractivity contribution in [2.24, 2.45) is 0 Å². The molecule has 2 aliphatic rings. The van der Waals surface area contributed by atoms with Crippen molar-refractivity contribution < 1.29 is 4.79 Å². The summed E-state index contributed by atoms with van der Waals surface area (Å²) in [5.41, 5.74) is 3.75. The zero-order chi connectivity index (χ0) is 17.1. The van der Waals surface area contributed by atoms with Crippen molar-refractivity contribution in [3.8, 4) is 0 Å². The molecule has 1 aromatic carbocycles. The maximum Gasteiger partial charge on any atom is 0.224 e. The number of fused-ring (bicyclic) bond motifs is 1. The van der Waals surface area contributed by atoms with E-state index in [1.54, 1.807) is 6.33 Å². The number of nitrogens with zero attached hydrogens (tertiary/aromatic N) is 3. The molecule has 1 amide bonds. The molecule has 130 valence electrons. The highest BCUT2D eigenvalue weighted by Crippen LogP contribution is 2.27. The van der Waals surface area contributed by atoms with E-state index in [0.717, 1.165) is 51.0 Å². The van der Waals surface area contributed by atoms with Crippen molar-refractivity contribution in [2.75, 3.05) is 18.4 Å². The second-order valence-electron chi connectivity index (χ2n) is 6.98. The molecular formula is C20H24N4O. The third-order valence-electron chi connectivity index (χ3n) is 5.17. The third kappa shape index (κ3) is 3.65. The topological polar surface area (TPSA) is 58.1 Å². The summed E-state index contributed by atoms with van der Waals surface area (Å²) in [7, 11) is 0. The van der Waals surface area contributed by atoms with Crippen LogP contribution in [0.2, 0.25) is 0 Å². The average molecular weight is 336 g/mol. The highest BCUT2D eigenvalue weighted by atomic mass is 16.2. The number of benzene rings is 1.